The standard InChI is InChI=1S/C15H20ClN3/c1-4-15(17,5-2)14-18-10(3)13(19-14)11-7-6-8-12(16)9-11/h6-9H,4-5,17H2,1-3H3,(H,18,19). The lowest BCUT2D eigenvalue weighted by molar-refractivity contribution is 0.390. The number of nitrogens with two attached hydrogens (primary N) is 1. The summed E-state index contributed by atoms with van der Waals surface area (Å²) in [6, 6.07) is 7.72. The Labute approximate surface area is 119 Å². The fraction of sp³-hybridized carbons (Fsp3) is 0.400. The summed E-state index contributed by atoms with van der Waals surface area (Å²) in [4.78, 5) is 8.02. The lowest BCUT2D eigenvalue weighted by Crippen LogP contribution is -2.36. The highest BCUT2D eigenvalue weighted by atomic mass is 35.5. The normalized spacial score (nSPS) is 11.8. The third-order valence-corrected chi connectivity index (χ3v) is 3.95. The zero-order valence-electron chi connectivity index (χ0n) is 11.6. The third kappa shape index (κ3) is 2.67. The Balaban J connectivity index is 2.47. The van der Waals surface area contributed by atoms with Crippen molar-refractivity contribution in [2.75, 3.05) is 0 Å². The van der Waals surface area contributed by atoms with Crippen LogP contribution < -0.4 is 5.73 Å². The highest BCUT2D eigenvalue weighted by Crippen LogP contribution is 2.29. The number of imidazole rings is 1. The van der Waals surface area contributed by atoms with Crippen molar-refractivity contribution in [3.05, 3.63) is 40.8 Å². The van der Waals surface area contributed by atoms with E-state index in [9.17, 15) is 0 Å². The van der Waals surface area contributed by atoms with Crippen molar-refractivity contribution in [1.82, 2.24) is 9.97 Å². The summed E-state index contributed by atoms with van der Waals surface area (Å²) in [6.45, 7) is 6.18. The molecule has 3 N–H and O–H groups in total. The first-order chi connectivity index (χ1) is 9.00. The van der Waals surface area contributed by atoms with Crippen molar-refractivity contribution in [2.24, 2.45) is 5.73 Å². The number of nitrogens with zero attached hydrogens (tertiary/aromatic N) is 1. The molecule has 102 valence electrons. The van der Waals surface area contributed by atoms with Crippen molar-refractivity contribution >= 4 is 11.6 Å². The molecule has 0 amide bonds. The molecule has 2 rings (SSSR count). The Morgan fingerprint density at radius 2 is 2.00 bits per heavy atom. The molecule has 4 heteroatoms. The molecular formula is C15H20ClN3. The summed E-state index contributed by atoms with van der Waals surface area (Å²) < 4.78 is 0. The van der Waals surface area contributed by atoms with Crippen LogP contribution in [0.25, 0.3) is 11.3 Å². The van der Waals surface area contributed by atoms with Crippen molar-refractivity contribution < 1.29 is 0 Å². The molecule has 0 aliphatic carbocycles. The monoisotopic (exact) mass is 277 g/mol. The number of H-pyrrole nitrogens is 1. The number of aromatic amines is 1. The minimum absolute atomic E-state index is 0.387. The van der Waals surface area contributed by atoms with Crippen LogP contribution in [-0.2, 0) is 5.54 Å². The van der Waals surface area contributed by atoms with E-state index in [-0.39, 0.29) is 5.54 Å². The largest absolute Gasteiger partial charge is 0.344 e. The van der Waals surface area contributed by atoms with Crippen LogP contribution >= 0.6 is 11.6 Å². The predicted molar refractivity (Wildman–Crippen MR) is 80.2 cm³/mol. The quantitative estimate of drug-likeness (QED) is 0.887. The summed E-state index contributed by atoms with van der Waals surface area (Å²) in [5.41, 5.74) is 8.96. The van der Waals surface area contributed by atoms with Crippen molar-refractivity contribution in [2.45, 2.75) is 39.2 Å². The molecule has 0 saturated heterocycles. The molecule has 0 atom stereocenters. The van der Waals surface area contributed by atoms with Crippen LogP contribution in [0, 0.1) is 6.92 Å². The number of aromatic nitrogens is 2. The predicted octanol–water partition coefficient (Wildman–Crippen LogP) is 4.01. The van der Waals surface area contributed by atoms with Crippen LogP contribution in [0.1, 0.15) is 38.2 Å². The maximum absolute atomic E-state index is 6.39. The molecular weight excluding hydrogens is 258 g/mol. The average molecular weight is 278 g/mol. The van der Waals surface area contributed by atoms with E-state index in [2.05, 4.69) is 18.8 Å². The second-order valence-electron chi connectivity index (χ2n) is 4.93. The molecule has 1 heterocycles. The Bertz CT molecular complexity index is 571. The number of nitrogens with one attached hydrogen (secondary N) is 1. The Kier molecular flexibility index (Phi) is 3.97. The molecule has 0 fully saturated rings. The lowest BCUT2D eigenvalue weighted by atomic mass is 9.93. The maximum atomic E-state index is 6.39. The van der Waals surface area contributed by atoms with Gasteiger partial charge in [0, 0.05) is 16.3 Å². The SMILES string of the molecule is CCC(N)(CC)c1nc(-c2cccc(Cl)c2)c(C)[nH]1. The van der Waals surface area contributed by atoms with Crippen LogP contribution in [0.5, 0.6) is 0 Å². The van der Waals surface area contributed by atoms with E-state index in [1.54, 1.807) is 0 Å². The van der Waals surface area contributed by atoms with Gasteiger partial charge in [0.15, 0.2) is 0 Å². The summed E-state index contributed by atoms with van der Waals surface area (Å²) in [5.74, 6) is 0.852. The van der Waals surface area contributed by atoms with Gasteiger partial charge >= 0.3 is 0 Å². The van der Waals surface area contributed by atoms with Crippen LogP contribution in [0.3, 0.4) is 0 Å². The molecule has 3 nitrogen and oxygen atoms in total. The van der Waals surface area contributed by atoms with Crippen LogP contribution in [0.4, 0.5) is 0 Å². The maximum Gasteiger partial charge on any atom is 0.127 e. The van der Waals surface area contributed by atoms with Crippen LogP contribution in [0.2, 0.25) is 5.02 Å². The second-order valence-corrected chi connectivity index (χ2v) is 5.37. The molecule has 0 unspecified atom stereocenters. The zero-order chi connectivity index (χ0) is 14.0. The summed E-state index contributed by atoms with van der Waals surface area (Å²) in [5, 5.41) is 0.714. The van der Waals surface area contributed by atoms with Gasteiger partial charge in [-0.2, -0.15) is 0 Å². The molecule has 19 heavy (non-hydrogen) atoms. The van der Waals surface area contributed by atoms with Crippen molar-refractivity contribution in [3.63, 3.8) is 0 Å². The van der Waals surface area contributed by atoms with Gasteiger partial charge in [0.1, 0.15) is 5.82 Å². The van der Waals surface area contributed by atoms with Gasteiger partial charge < -0.3 is 10.7 Å². The van der Waals surface area contributed by atoms with Crippen molar-refractivity contribution in [1.29, 1.82) is 0 Å². The Morgan fingerprint density at radius 3 is 2.58 bits per heavy atom. The first kappa shape index (κ1) is 14.1. The molecule has 0 radical (unpaired) electrons. The zero-order valence-corrected chi connectivity index (χ0v) is 12.4. The van der Waals surface area contributed by atoms with Gasteiger partial charge in [-0.1, -0.05) is 37.6 Å². The number of benzene rings is 1. The van der Waals surface area contributed by atoms with Gasteiger partial charge in [0.25, 0.3) is 0 Å². The minimum atomic E-state index is -0.387. The third-order valence-electron chi connectivity index (χ3n) is 3.72. The van der Waals surface area contributed by atoms with Gasteiger partial charge in [0.05, 0.1) is 11.2 Å². The minimum Gasteiger partial charge on any atom is -0.344 e. The van der Waals surface area contributed by atoms with Crippen LogP contribution in [0.15, 0.2) is 24.3 Å². The van der Waals surface area contributed by atoms with Gasteiger partial charge in [-0.25, -0.2) is 4.98 Å². The summed E-state index contributed by atoms with van der Waals surface area (Å²) in [7, 11) is 0. The number of hydrogen-bond acceptors (Lipinski definition) is 2. The van der Waals surface area contributed by atoms with Gasteiger partial charge in [0.2, 0.25) is 0 Å². The van der Waals surface area contributed by atoms with E-state index in [4.69, 9.17) is 22.3 Å². The molecule has 0 bridgehead atoms. The molecule has 0 aliphatic heterocycles. The summed E-state index contributed by atoms with van der Waals surface area (Å²) >= 11 is 6.04. The van der Waals surface area contributed by atoms with Gasteiger partial charge in [-0.3, -0.25) is 0 Å². The van der Waals surface area contributed by atoms with Crippen LogP contribution in [-0.4, -0.2) is 9.97 Å². The van der Waals surface area contributed by atoms with E-state index in [1.807, 2.05) is 31.2 Å². The highest BCUT2D eigenvalue weighted by molar-refractivity contribution is 6.30. The highest BCUT2D eigenvalue weighted by Gasteiger charge is 2.27. The fourth-order valence-corrected chi connectivity index (χ4v) is 2.39. The Hall–Kier alpha value is -1.32. The molecule has 1 aromatic carbocycles. The van der Waals surface area contributed by atoms with Crippen molar-refractivity contribution in [3.8, 4) is 11.3 Å². The smallest absolute Gasteiger partial charge is 0.127 e. The first-order valence-corrected chi connectivity index (χ1v) is 7.00. The molecule has 0 saturated carbocycles. The number of aryl methyl sites for hydroxylation is 1. The average Bonchev–Trinajstić information content (AvgIpc) is 2.80. The number of hydrogen-bond donors (Lipinski definition) is 2. The Morgan fingerprint density at radius 1 is 1.32 bits per heavy atom. The van der Waals surface area contributed by atoms with E-state index in [0.717, 1.165) is 35.6 Å². The fourth-order valence-electron chi connectivity index (χ4n) is 2.20. The molecule has 1 aromatic heterocycles. The molecule has 0 spiro atoms. The lowest BCUT2D eigenvalue weighted by Gasteiger charge is -2.23. The molecule has 2 aromatic rings. The van der Waals surface area contributed by atoms with Gasteiger partial charge in [-0.05, 0) is 31.9 Å². The number of halogens is 1. The van der Waals surface area contributed by atoms with E-state index >= 15 is 0 Å². The molecule has 0 aliphatic rings. The summed E-state index contributed by atoms with van der Waals surface area (Å²) in [6.07, 6.45) is 1.71. The van der Waals surface area contributed by atoms with Gasteiger partial charge in [-0.15, -0.1) is 0 Å². The van der Waals surface area contributed by atoms with E-state index in [1.165, 1.54) is 0 Å². The first-order valence-electron chi connectivity index (χ1n) is 6.62. The van der Waals surface area contributed by atoms with E-state index < -0.39 is 0 Å². The topological polar surface area (TPSA) is 54.7 Å². The number of rotatable bonds is 4. The second kappa shape index (κ2) is 5.35. The van der Waals surface area contributed by atoms with E-state index in [0.29, 0.717) is 5.02 Å².